The predicted molar refractivity (Wildman–Crippen MR) is 117 cm³/mol. The molecule has 2 heterocycles. The minimum Gasteiger partial charge on any atom is -0.486 e. The molecule has 0 aromatic heterocycles. The fraction of sp³-hybridized carbons (Fsp3) is 0.409. The second kappa shape index (κ2) is 9.15. The van der Waals surface area contributed by atoms with Gasteiger partial charge in [0, 0.05) is 29.9 Å². The maximum Gasteiger partial charge on any atom is 0.262 e. The molecule has 2 aromatic carbocycles. The standard InChI is InChI=1S/C22H27N3O5S/c1-2-25-11-3-4-18(25)15-23-22(26)16-5-7-17(8-6-16)24-31(27,28)19-9-10-20-21(14-19)30-13-12-29-20/h5-10,14,18,24H,2-4,11-13,15H2,1H3,(H,23,26)/t18-/m0/s1. The average Bonchev–Trinajstić information content (AvgIpc) is 3.25. The molecular formula is C22H27N3O5S. The summed E-state index contributed by atoms with van der Waals surface area (Å²) < 4.78 is 38.9. The van der Waals surface area contributed by atoms with E-state index in [9.17, 15) is 13.2 Å². The molecule has 1 atom stereocenters. The summed E-state index contributed by atoms with van der Waals surface area (Å²) in [6.45, 7) is 5.63. The molecule has 2 aliphatic heterocycles. The van der Waals surface area contributed by atoms with E-state index in [-0.39, 0.29) is 10.8 Å². The maximum absolute atomic E-state index is 12.7. The molecule has 2 N–H and O–H groups in total. The number of amides is 1. The second-order valence-electron chi connectivity index (χ2n) is 7.62. The predicted octanol–water partition coefficient (Wildman–Crippen LogP) is 2.47. The highest BCUT2D eigenvalue weighted by atomic mass is 32.2. The fourth-order valence-electron chi connectivity index (χ4n) is 3.95. The van der Waals surface area contributed by atoms with Gasteiger partial charge in [-0.05, 0) is 62.3 Å². The summed E-state index contributed by atoms with van der Waals surface area (Å²) in [5.74, 6) is 0.773. The highest BCUT2D eigenvalue weighted by molar-refractivity contribution is 7.92. The van der Waals surface area contributed by atoms with Crippen LogP contribution in [0.15, 0.2) is 47.4 Å². The highest BCUT2D eigenvalue weighted by Gasteiger charge is 2.23. The van der Waals surface area contributed by atoms with E-state index < -0.39 is 10.0 Å². The Labute approximate surface area is 182 Å². The van der Waals surface area contributed by atoms with E-state index >= 15 is 0 Å². The van der Waals surface area contributed by atoms with Gasteiger partial charge in [0.05, 0.1) is 4.90 Å². The van der Waals surface area contributed by atoms with Crippen LogP contribution >= 0.6 is 0 Å². The zero-order chi connectivity index (χ0) is 21.8. The molecule has 0 bridgehead atoms. The van der Waals surface area contributed by atoms with Crippen molar-refractivity contribution in [1.82, 2.24) is 10.2 Å². The number of rotatable bonds is 7. The van der Waals surface area contributed by atoms with Crippen molar-refractivity contribution in [3.05, 3.63) is 48.0 Å². The molecule has 0 unspecified atom stereocenters. The Morgan fingerprint density at radius 1 is 1.10 bits per heavy atom. The third-order valence-electron chi connectivity index (χ3n) is 5.63. The van der Waals surface area contributed by atoms with E-state index in [0.29, 0.717) is 48.6 Å². The summed E-state index contributed by atoms with van der Waals surface area (Å²) in [5.41, 5.74) is 0.864. The first-order chi connectivity index (χ1) is 15.0. The number of likely N-dealkylation sites (N-methyl/N-ethyl adjacent to an activating group) is 1. The van der Waals surface area contributed by atoms with Crippen LogP contribution in [-0.4, -0.2) is 58.1 Å². The first-order valence-corrected chi connectivity index (χ1v) is 12.0. The zero-order valence-electron chi connectivity index (χ0n) is 17.5. The van der Waals surface area contributed by atoms with Gasteiger partial charge in [0.1, 0.15) is 13.2 Å². The van der Waals surface area contributed by atoms with Crippen LogP contribution in [0, 0.1) is 0 Å². The number of nitrogens with one attached hydrogen (secondary N) is 2. The lowest BCUT2D eigenvalue weighted by Gasteiger charge is -2.22. The number of ether oxygens (including phenoxy) is 2. The number of nitrogens with zero attached hydrogens (tertiary/aromatic N) is 1. The van der Waals surface area contributed by atoms with Crippen LogP contribution in [0.2, 0.25) is 0 Å². The van der Waals surface area contributed by atoms with Gasteiger partial charge in [0.2, 0.25) is 0 Å². The van der Waals surface area contributed by atoms with Crippen molar-refractivity contribution in [1.29, 1.82) is 0 Å². The van der Waals surface area contributed by atoms with E-state index in [1.807, 2.05) is 0 Å². The van der Waals surface area contributed by atoms with E-state index in [1.54, 1.807) is 30.3 Å². The Kier molecular flexibility index (Phi) is 6.33. The molecule has 2 aromatic rings. The monoisotopic (exact) mass is 445 g/mol. The summed E-state index contributed by atoms with van der Waals surface area (Å²) in [7, 11) is -3.80. The van der Waals surface area contributed by atoms with Crippen LogP contribution in [0.25, 0.3) is 0 Å². The number of carbonyl (C=O) groups is 1. The summed E-state index contributed by atoms with van der Waals surface area (Å²) in [6.07, 6.45) is 2.25. The van der Waals surface area contributed by atoms with Gasteiger partial charge in [0.15, 0.2) is 11.5 Å². The number of hydrogen-bond acceptors (Lipinski definition) is 6. The quantitative estimate of drug-likeness (QED) is 0.680. The molecule has 1 amide bonds. The van der Waals surface area contributed by atoms with Crippen LogP contribution in [-0.2, 0) is 10.0 Å². The molecule has 8 nitrogen and oxygen atoms in total. The van der Waals surface area contributed by atoms with Gasteiger partial charge in [-0.15, -0.1) is 0 Å². The minimum atomic E-state index is -3.80. The number of carbonyl (C=O) groups excluding carboxylic acids is 1. The van der Waals surface area contributed by atoms with E-state index in [4.69, 9.17) is 9.47 Å². The van der Waals surface area contributed by atoms with E-state index in [1.165, 1.54) is 12.1 Å². The van der Waals surface area contributed by atoms with Crippen LogP contribution in [0.1, 0.15) is 30.1 Å². The van der Waals surface area contributed by atoms with Crippen molar-refractivity contribution in [2.45, 2.75) is 30.7 Å². The molecule has 1 fully saturated rings. The van der Waals surface area contributed by atoms with Gasteiger partial charge in [-0.25, -0.2) is 8.42 Å². The van der Waals surface area contributed by atoms with Crippen LogP contribution in [0.3, 0.4) is 0 Å². The topological polar surface area (TPSA) is 97.0 Å². The average molecular weight is 446 g/mol. The van der Waals surface area contributed by atoms with E-state index in [0.717, 1.165) is 25.9 Å². The van der Waals surface area contributed by atoms with Crippen LogP contribution in [0.4, 0.5) is 5.69 Å². The third kappa shape index (κ3) is 4.94. The number of anilines is 1. The molecule has 4 rings (SSSR count). The zero-order valence-corrected chi connectivity index (χ0v) is 18.3. The molecule has 9 heteroatoms. The normalized spacial score (nSPS) is 18.5. The first kappa shape index (κ1) is 21.5. The van der Waals surface area contributed by atoms with Gasteiger partial charge in [-0.2, -0.15) is 0 Å². The Bertz CT molecular complexity index is 1040. The Hall–Kier alpha value is -2.78. The first-order valence-electron chi connectivity index (χ1n) is 10.5. The van der Waals surface area contributed by atoms with Crippen molar-refractivity contribution in [2.75, 3.05) is 37.6 Å². The molecule has 166 valence electrons. The van der Waals surface area contributed by atoms with Gasteiger partial charge in [-0.3, -0.25) is 14.4 Å². The van der Waals surface area contributed by atoms with Crippen molar-refractivity contribution < 1.29 is 22.7 Å². The summed E-state index contributed by atoms with van der Waals surface area (Å²) in [6, 6.07) is 11.3. The third-order valence-corrected chi connectivity index (χ3v) is 7.01. The summed E-state index contributed by atoms with van der Waals surface area (Å²) in [5, 5.41) is 2.98. The Balaban J connectivity index is 1.38. The van der Waals surface area contributed by atoms with Gasteiger partial charge in [-0.1, -0.05) is 6.92 Å². The number of hydrogen-bond donors (Lipinski definition) is 2. The largest absolute Gasteiger partial charge is 0.486 e. The van der Waals surface area contributed by atoms with Crippen molar-refractivity contribution in [2.24, 2.45) is 0 Å². The highest BCUT2D eigenvalue weighted by Crippen LogP contribution is 2.32. The molecule has 0 saturated carbocycles. The Morgan fingerprint density at radius 3 is 2.58 bits per heavy atom. The molecule has 31 heavy (non-hydrogen) atoms. The van der Waals surface area contributed by atoms with Crippen LogP contribution < -0.4 is 19.5 Å². The van der Waals surface area contributed by atoms with Crippen molar-refractivity contribution >= 4 is 21.6 Å². The van der Waals surface area contributed by atoms with E-state index in [2.05, 4.69) is 21.9 Å². The van der Waals surface area contributed by atoms with Crippen molar-refractivity contribution in [3.8, 4) is 11.5 Å². The van der Waals surface area contributed by atoms with Gasteiger partial charge >= 0.3 is 0 Å². The lowest BCUT2D eigenvalue weighted by Crippen LogP contribution is -2.40. The smallest absolute Gasteiger partial charge is 0.262 e. The fourth-order valence-corrected chi connectivity index (χ4v) is 5.02. The second-order valence-corrected chi connectivity index (χ2v) is 9.31. The molecule has 1 saturated heterocycles. The molecule has 0 radical (unpaired) electrons. The minimum absolute atomic E-state index is 0.0793. The molecular weight excluding hydrogens is 418 g/mol. The lowest BCUT2D eigenvalue weighted by atomic mass is 10.1. The number of fused-ring (bicyclic) bond motifs is 1. The summed E-state index contributed by atoms with van der Waals surface area (Å²) >= 11 is 0. The lowest BCUT2D eigenvalue weighted by molar-refractivity contribution is 0.0941. The number of benzene rings is 2. The molecule has 2 aliphatic rings. The molecule has 0 spiro atoms. The Morgan fingerprint density at radius 2 is 1.84 bits per heavy atom. The summed E-state index contributed by atoms with van der Waals surface area (Å²) in [4.78, 5) is 14.9. The van der Waals surface area contributed by atoms with Gasteiger partial charge in [0.25, 0.3) is 15.9 Å². The number of sulfonamides is 1. The maximum atomic E-state index is 12.7. The number of likely N-dealkylation sites (tertiary alicyclic amines) is 1. The molecule has 0 aliphatic carbocycles. The van der Waals surface area contributed by atoms with Gasteiger partial charge < -0.3 is 14.8 Å². The van der Waals surface area contributed by atoms with Crippen molar-refractivity contribution in [3.63, 3.8) is 0 Å². The SMILES string of the molecule is CCN1CCC[C@H]1CNC(=O)c1ccc(NS(=O)(=O)c2ccc3c(c2)OCCO3)cc1. The van der Waals surface area contributed by atoms with Crippen LogP contribution in [0.5, 0.6) is 11.5 Å².